The number of hydrogen-bond donors (Lipinski definition) is 1. The zero-order valence-electron chi connectivity index (χ0n) is 14.3. The predicted octanol–water partition coefficient (Wildman–Crippen LogP) is 4.85. The van der Waals surface area contributed by atoms with Crippen LogP contribution < -0.4 is 10.2 Å². The molecule has 2 nitrogen and oxygen atoms in total. The molecule has 1 aromatic rings. The molecule has 0 bridgehead atoms. The number of unbranched alkanes of at least 4 members (excludes halogenated alkanes) is 4. The predicted molar refractivity (Wildman–Crippen MR) is 95.2 cm³/mol. The summed E-state index contributed by atoms with van der Waals surface area (Å²) in [6.07, 6.45) is 7.85. The molecular weight excluding hydrogens is 256 g/mol. The molecule has 0 radical (unpaired) electrons. The monoisotopic (exact) mass is 290 g/mol. The van der Waals surface area contributed by atoms with Gasteiger partial charge in [0.05, 0.1) is 0 Å². The summed E-state index contributed by atoms with van der Waals surface area (Å²) in [5.74, 6) is 0. The molecule has 0 amide bonds. The lowest BCUT2D eigenvalue weighted by atomic mass is 10.1. The molecule has 0 saturated carbocycles. The highest BCUT2D eigenvalue weighted by molar-refractivity contribution is 5.45. The summed E-state index contributed by atoms with van der Waals surface area (Å²) in [6.45, 7) is 10.2. The Kier molecular flexibility index (Phi) is 9.98. The van der Waals surface area contributed by atoms with Crippen molar-refractivity contribution in [3.63, 3.8) is 0 Å². The van der Waals surface area contributed by atoms with Crippen molar-refractivity contribution in [1.82, 2.24) is 5.32 Å². The van der Waals surface area contributed by atoms with Gasteiger partial charge < -0.3 is 10.2 Å². The van der Waals surface area contributed by atoms with E-state index in [4.69, 9.17) is 0 Å². The van der Waals surface area contributed by atoms with Gasteiger partial charge in [-0.15, -0.1) is 0 Å². The molecule has 0 aliphatic heterocycles. The van der Waals surface area contributed by atoms with Crippen LogP contribution in [0.3, 0.4) is 0 Å². The fraction of sp³-hybridized carbons (Fsp3) is 0.684. The van der Waals surface area contributed by atoms with Crippen molar-refractivity contribution >= 4 is 5.69 Å². The quantitative estimate of drug-likeness (QED) is 0.553. The van der Waals surface area contributed by atoms with Crippen LogP contribution in [0.2, 0.25) is 0 Å². The molecule has 0 atom stereocenters. The van der Waals surface area contributed by atoms with Crippen molar-refractivity contribution in [2.24, 2.45) is 0 Å². The van der Waals surface area contributed by atoms with Gasteiger partial charge in [-0.05, 0) is 37.9 Å². The first-order valence-corrected chi connectivity index (χ1v) is 8.77. The van der Waals surface area contributed by atoms with E-state index in [0.29, 0.717) is 6.04 Å². The molecular formula is C19H34N2. The average molecular weight is 290 g/mol. The van der Waals surface area contributed by atoms with Crippen LogP contribution in [0.1, 0.15) is 59.3 Å². The van der Waals surface area contributed by atoms with Crippen LogP contribution in [0.15, 0.2) is 30.3 Å². The third-order valence-corrected chi connectivity index (χ3v) is 3.81. The van der Waals surface area contributed by atoms with Gasteiger partial charge in [0.25, 0.3) is 0 Å². The normalized spacial score (nSPS) is 11.0. The van der Waals surface area contributed by atoms with Gasteiger partial charge in [-0.2, -0.15) is 0 Å². The number of nitrogens with zero attached hydrogens (tertiary/aromatic N) is 1. The maximum Gasteiger partial charge on any atom is 0.0366 e. The standard InChI is InChI=1S/C19H34N2/c1-4-5-16-21(19-13-9-8-10-14-19)17-12-7-6-11-15-20-18(2)3/h8-10,13-14,18,20H,4-7,11-12,15-17H2,1-3H3. The Labute approximate surface area is 131 Å². The minimum atomic E-state index is 0.618. The molecule has 0 fully saturated rings. The van der Waals surface area contributed by atoms with E-state index in [1.165, 1.54) is 57.3 Å². The van der Waals surface area contributed by atoms with Crippen molar-refractivity contribution in [1.29, 1.82) is 0 Å². The maximum absolute atomic E-state index is 3.49. The van der Waals surface area contributed by atoms with E-state index in [-0.39, 0.29) is 0 Å². The molecule has 21 heavy (non-hydrogen) atoms. The first-order valence-electron chi connectivity index (χ1n) is 8.77. The summed E-state index contributed by atoms with van der Waals surface area (Å²) in [7, 11) is 0. The third-order valence-electron chi connectivity index (χ3n) is 3.81. The number of para-hydroxylation sites is 1. The minimum absolute atomic E-state index is 0.618. The highest BCUT2D eigenvalue weighted by Gasteiger charge is 2.04. The first-order chi connectivity index (χ1) is 10.2. The largest absolute Gasteiger partial charge is 0.372 e. The molecule has 1 N–H and O–H groups in total. The van der Waals surface area contributed by atoms with E-state index in [1.54, 1.807) is 0 Å². The highest BCUT2D eigenvalue weighted by atomic mass is 15.1. The Bertz CT molecular complexity index is 335. The molecule has 2 heteroatoms. The van der Waals surface area contributed by atoms with Crippen LogP contribution in [0.5, 0.6) is 0 Å². The van der Waals surface area contributed by atoms with Crippen LogP contribution in [-0.2, 0) is 0 Å². The van der Waals surface area contributed by atoms with Crippen molar-refractivity contribution in [2.45, 2.75) is 65.3 Å². The fourth-order valence-electron chi connectivity index (χ4n) is 2.53. The Morgan fingerprint density at radius 3 is 2.24 bits per heavy atom. The summed E-state index contributed by atoms with van der Waals surface area (Å²) in [6, 6.07) is 11.5. The second-order valence-electron chi connectivity index (χ2n) is 6.20. The van der Waals surface area contributed by atoms with Crippen molar-refractivity contribution < 1.29 is 0 Å². The van der Waals surface area contributed by atoms with Gasteiger partial charge in [-0.3, -0.25) is 0 Å². The molecule has 0 aliphatic carbocycles. The topological polar surface area (TPSA) is 15.3 Å². The van der Waals surface area contributed by atoms with Gasteiger partial charge in [0.1, 0.15) is 0 Å². The van der Waals surface area contributed by atoms with Gasteiger partial charge in [0.15, 0.2) is 0 Å². The van der Waals surface area contributed by atoms with E-state index in [9.17, 15) is 0 Å². The molecule has 120 valence electrons. The summed E-state index contributed by atoms with van der Waals surface area (Å²) >= 11 is 0. The van der Waals surface area contributed by atoms with Crippen LogP contribution in [0.25, 0.3) is 0 Å². The summed E-state index contributed by atoms with van der Waals surface area (Å²) < 4.78 is 0. The fourth-order valence-corrected chi connectivity index (χ4v) is 2.53. The van der Waals surface area contributed by atoms with Gasteiger partial charge >= 0.3 is 0 Å². The maximum atomic E-state index is 3.49. The molecule has 0 saturated heterocycles. The highest BCUT2D eigenvalue weighted by Crippen LogP contribution is 2.15. The lowest BCUT2D eigenvalue weighted by Crippen LogP contribution is -2.25. The second kappa shape index (κ2) is 11.6. The zero-order chi connectivity index (χ0) is 15.3. The Balaban J connectivity index is 2.21. The first kappa shape index (κ1) is 18.0. The van der Waals surface area contributed by atoms with Crippen molar-refractivity contribution in [3.8, 4) is 0 Å². The minimum Gasteiger partial charge on any atom is -0.372 e. The van der Waals surface area contributed by atoms with Gasteiger partial charge in [-0.25, -0.2) is 0 Å². The number of rotatable bonds is 12. The van der Waals surface area contributed by atoms with E-state index < -0.39 is 0 Å². The third kappa shape index (κ3) is 8.77. The van der Waals surface area contributed by atoms with Crippen molar-refractivity contribution in [3.05, 3.63) is 30.3 Å². The molecule has 0 heterocycles. The number of anilines is 1. The summed E-state index contributed by atoms with van der Waals surface area (Å²) in [5, 5.41) is 3.49. The van der Waals surface area contributed by atoms with E-state index >= 15 is 0 Å². The van der Waals surface area contributed by atoms with E-state index in [2.05, 4.69) is 61.3 Å². The van der Waals surface area contributed by atoms with Crippen LogP contribution in [0.4, 0.5) is 5.69 Å². The summed E-state index contributed by atoms with van der Waals surface area (Å²) in [4.78, 5) is 2.55. The van der Waals surface area contributed by atoms with Gasteiger partial charge in [-0.1, -0.05) is 58.2 Å². The number of nitrogens with one attached hydrogen (secondary N) is 1. The lowest BCUT2D eigenvalue weighted by molar-refractivity contribution is 0.539. The molecule has 0 aliphatic rings. The molecule has 0 unspecified atom stereocenters. The Morgan fingerprint density at radius 2 is 1.57 bits per heavy atom. The molecule has 1 rings (SSSR count). The number of benzene rings is 1. The Hall–Kier alpha value is -1.02. The number of hydrogen-bond acceptors (Lipinski definition) is 2. The Morgan fingerprint density at radius 1 is 0.905 bits per heavy atom. The zero-order valence-corrected chi connectivity index (χ0v) is 14.3. The molecule has 0 spiro atoms. The van der Waals surface area contributed by atoms with E-state index in [0.717, 1.165) is 6.54 Å². The average Bonchev–Trinajstić information content (AvgIpc) is 2.50. The van der Waals surface area contributed by atoms with Crippen molar-refractivity contribution in [2.75, 3.05) is 24.5 Å². The summed E-state index contributed by atoms with van der Waals surface area (Å²) in [5.41, 5.74) is 1.38. The second-order valence-corrected chi connectivity index (χ2v) is 6.20. The molecule has 1 aromatic carbocycles. The van der Waals surface area contributed by atoms with Crippen LogP contribution in [0, 0.1) is 0 Å². The van der Waals surface area contributed by atoms with Gasteiger partial charge in [0.2, 0.25) is 0 Å². The lowest BCUT2D eigenvalue weighted by Gasteiger charge is -2.24. The smallest absolute Gasteiger partial charge is 0.0366 e. The van der Waals surface area contributed by atoms with Crippen LogP contribution >= 0.6 is 0 Å². The van der Waals surface area contributed by atoms with Crippen LogP contribution in [-0.4, -0.2) is 25.7 Å². The van der Waals surface area contributed by atoms with Gasteiger partial charge in [0, 0.05) is 24.8 Å². The van der Waals surface area contributed by atoms with E-state index in [1.807, 2.05) is 0 Å². The SMILES string of the molecule is CCCCN(CCCCCCNC(C)C)c1ccccc1. The molecule has 0 aromatic heterocycles.